The first kappa shape index (κ1) is 13.3. The van der Waals surface area contributed by atoms with Gasteiger partial charge in [-0.2, -0.15) is 0 Å². The van der Waals surface area contributed by atoms with Crippen molar-refractivity contribution in [1.29, 1.82) is 0 Å². The maximum Gasteiger partial charge on any atom is 0.146 e. The fourth-order valence-corrected chi connectivity index (χ4v) is 3.33. The van der Waals surface area contributed by atoms with Gasteiger partial charge in [0, 0.05) is 24.9 Å². The van der Waals surface area contributed by atoms with Crippen molar-refractivity contribution >= 4 is 5.78 Å². The van der Waals surface area contributed by atoms with Gasteiger partial charge in [0.15, 0.2) is 0 Å². The van der Waals surface area contributed by atoms with Crippen LogP contribution in [0.2, 0.25) is 0 Å². The number of carbonyl (C=O) groups is 1. The Labute approximate surface area is 110 Å². The summed E-state index contributed by atoms with van der Waals surface area (Å²) in [4.78, 5) is 16.9. The third-order valence-corrected chi connectivity index (χ3v) is 4.19. The molecule has 3 nitrogen and oxygen atoms in total. The molecule has 3 heteroatoms. The summed E-state index contributed by atoms with van der Waals surface area (Å²) in [6.07, 6.45) is 9.78. The lowest BCUT2D eigenvalue weighted by Gasteiger charge is -2.29. The second kappa shape index (κ2) is 5.25. The highest BCUT2D eigenvalue weighted by Gasteiger charge is 2.40. The number of aromatic nitrogens is 2. The molecule has 1 fully saturated rings. The zero-order valence-electron chi connectivity index (χ0n) is 11.8. The normalized spacial score (nSPS) is 18.4. The number of carbonyl (C=O) groups excluding carboxylic acids is 1. The molecule has 18 heavy (non-hydrogen) atoms. The third kappa shape index (κ3) is 2.65. The average molecular weight is 248 g/mol. The highest BCUT2D eigenvalue weighted by molar-refractivity contribution is 5.86. The third-order valence-electron chi connectivity index (χ3n) is 4.19. The van der Waals surface area contributed by atoms with E-state index < -0.39 is 0 Å². The summed E-state index contributed by atoms with van der Waals surface area (Å²) < 4.78 is 1.95. The molecule has 1 heterocycles. The predicted octanol–water partition coefficient (Wildman–Crippen LogP) is 3.14. The van der Waals surface area contributed by atoms with E-state index in [1.807, 2.05) is 17.8 Å². The van der Waals surface area contributed by atoms with Crippen LogP contribution in [0.15, 0.2) is 12.4 Å². The number of rotatable bonds is 5. The van der Waals surface area contributed by atoms with Gasteiger partial charge in [-0.25, -0.2) is 4.98 Å². The fourth-order valence-electron chi connectivity index (χ4n) is 3.33. The van der Waals surface area contributed by atoms with E-state index in [-0.39, 0.29) is 5.41 Å². The fraction of sp³-hybridized carbons (Fsp3) is 0.733. The van der Waals surface area contributed by atoms with Gasteiger partial charge in [-0.15, -0.1) is 0 Å². The first-order valence-electron chi connectivity index (χ1n) is 7.03. The van der Waals surface area contributed by atoms with Crippen LogP contribution < -0.4 is 0 Å². The molecular formula is C15H24N2O. The summed E-state index contributed by atoms with van der Waals surface area (Å²) in [5.41, 5.74) is -0.0554. The number of ketones is 1. The molecule has 1 aliphatic rings. The zero-order chi connectivity index (χ0) is 13.2. The van der Waals surface area contributed by atoms with Crippen LogP contribution in [0.1, 0.15) is 51.8 Å². The van der Waals surface area contributed by atoms with Gasteiger partial charge >= 0.3 is 0 Å². The van der Waals surface area contributed by atoms with E-state index in [2.05, 4.69) is 18.8 Å². The number of nitrogens with zero attached hydrogens (tertiary/aromatic N) is 2. The quantitative estimate of drug-likeness (QED) is 0.802. The lowest BCUT2D eigenvalue weighted by molar-refractivity contribution is -0.129. The van der Waals surface area contributed by atoms with Crippen LogP contribution in [0.3, 0.4) is 0 Å². The SMILES string of the molecule is CC(C)CC1(C(=O)Cc2nccn2C)CCCC1. The Kier molecular flexibility index (Phi) is 3.88. The first-order valence-corrected chi connectivity index (χ1v) is 7.03. The van der Waals surface area contributed by atoms with Crippen molar-refractivity contribution in [1.82, 2.24) is 9.55 Å². The summed E-state index contributed by atoms with van der Waals surface area (Å²) in [7, 11) is 1.96. The van der Waals surface area contributed by atoms with E-state index in [1.165, 1.54) is 12.8 Å². The van der Waals surface area contributed by atoms with Crippen LogP contribution in [-0.4, -0.2) is 15.3 Å². The van der Waals surface area contributed by atoms with E-state index in [4.69, 9.17) is 0 Å². The van der Waals surface area contributed by atoms with Gasteiger partial charge in [-0.3, -0.25) is 4.79 Å². The summed E-state index contributed by atoms with van der Waals surface area (Å²) in [5, 5.41) is 0. The molecule has 100 valence electrons. The molecule has 0 N–H and O–H groups in total. The van der Waals surface area contributed by atoms with Crippen molar-refractivity contribution in [3.8, 4) is 0 Å². The van der Waals surface area contributed by atoms with Gasteiger partial charge in [0.05, 0.1) is 6.42 Å². The van der Waals surface area contributed by atoms with Crippen LogP contribution in [0.4, 0.5) is 0 Å². The minimum atomic E-state index is -0.0554. The Morgan fingerprint density at radius 1 is 1.44 bits per heavy atom. The van der Waals surface area contributed by atoms with Gasteiger partial charge in [0.25, 0.3) is 0 Å². The van der Waals surface area contributed by atoms with Crippen molar-refractivity contribution in [3.05, 3.63) is 18.2 Å². The van der Waals surface area contributed by atoms with Gasteiger partial charge in [-0.1, -0.05) is 26.7 Å². The second-order valence-electron chi connectivity index (χ2n) is 6.14. The summed E-state index contributed by atoms with van der Waals surface area (Å²) in [6, 6.07) is 0. The molecule has 0 unspecified atom stereocenters. The van der Waals surface area contributed by atoms with E-state index in [9.17, 15) is 4.79 Å². The largest absolute Gasteiger partial charge is 0.338 e. The van der Waals surface area contributed by atoms with Gasteiger partial charge in [0.1, 0.15) is 11.6 Å². The Hall–Kier alpha value is -1.12. The lowest BCUT2D eigenvalue weighted by atomic mass is 9.74. The number of hydrogen-bond donors (Lipinski definition) is 0. The standard InChI is InChI=1S/C15H24N2O/c1-12(2)11-15(6-4-5-7-15)13(18)10-14-16-8-9-17(14)3/h8-9,12H,4-7,10-11H2,1-3H3. The molecule has 0 amide bonds. The number of imidazole rings is 1. The molecule has 0 bridgehead atoms. The molecule has 1 aromatic heterocycles. The monoisotopic (exact) mass is 248 g/mol. The van der Waals surface area contributed by atoms with Crippen molar-refractivity contribution in [2.45, 2.75) is 52.4 Å². The molecule has 0 aliphatic heterocycles. The summed E-state index contributed by atoms with van der Waals surface area (Å²) >= 11 is 0. The van der Waals surface area contributed by atoms with Crippen LogP contribution >= 0.6 is 0 Å². The minimum absolute atomic E-state index is 0.0554. The Morgan fingerprint density at radius 2 is 2.11 bits per heavy atom. The summed E-state index contributed by atoms with van der Waals surface area (Å²) in [5.74, 6) is 1.89. The maximum absolute atomic E-state index is 12.7. The number of Topliss-reactive ketones (excluding diaryl/α,β-unsaturated/α-hetero) is 1. The van der Waals surface area contributed by atoms with Crippen LogP contribution in [0.25, 0.3) is 0 Å². The van der Waals surface area contributed by atoms with Gasteiger partial charge < -0.3 is 4.57 Å². The molecule has 0 saturated heterocycles. The molecule has 0 spiro atoms. The van der Waals surface area contributed by atoms with Crippen LogP contribution in [0.5, 0.6) is 0 Å². The maximum atomic E-state index is 12.7. The van der Waals surface area contributed by atoms with Gasteiger partial charge in [-0.05, 0) is 25.2 Å². The molecule has 0 radical (unpaired) electrons. The average Bonchev–Trinajstić information content (AvgIpc) is 2.89. The van der Waals surface area contributed by atoms with Crippen molar-refractivity contribution in [3.63, 3.8) is 0 Å². The van der Waals surface area contributed by atoms with Crippen molar-refractivity contribution in [2.75, 3.05) is 0 Å². The second-order valence-corrected chi connectivity index (χ2v) is 6.14. The Bertz CT molecular complexity index is 414. The van der Waals surface area contributed by atoms with Crippen molar-refractivity contribution in [2.24, 2.45) is 18.4 Å². The first-order chi connectivity index (χ1) is 8.53. The molecule has 1 saturated carbocycles. The highest BCUT2D eigenvalue weighted by atomic mass is 16.1. The highest BCUT2D eigenvalue weighted by Crippen LogP contribution is 2.44. The number of hydrogen-bond acceptors (Lipinski definition) is 2. The Balaban J connectivity index is 2.11. The molecule has 1 aliphatic carbocycles. The molecular weight excluding hydrogens is 224 g/mol. The van der Waals surface area contributed by atoms with Crippen molar-refractivity contribution < 1.29 is 4.79 Å². The summed E-state index contributed by atoms with van der Waals surface area (Å²) in [6.45, 7) is 4.43. The molecule has 0 aromatic carbocycles. The van der Waals surface area contributed by atoms with E-state index in [1.54, 1.807) is 6.20 Å². The Morgan fingerprint density at radius 3 is 2.61 bits per heavy atom. The minimum Gasteiger partial charge on any atom is -0.338 e. The lowest BCUT2D eigenvalue weighted by Crippen LogP contribution is -2.31. The van der Waals surface area contributed by atoms with E-state index >= 15 is 0 Å². The molecule has 0 atom stereocenters. The molecule has 2 rings (SSSR count). The van der Waals surface area contributed by atoms with Gasteiger partial charge in [0.2, 0.25) is 0 Å². The van der Waals surface area contributed by atoms with Crippen LogP contribution in [0, 0.1) is 11.3 Å². The topological polar surface area (TPSA) is 34.9 Å². The smallest absolute Gasteiger partial charge is 0.146 e. The molecule has 1 aromatic rings. The zero-order valence-corrected chi connectivity index (χ0v) is 11.8. The number of aryl methyl sites for hydroxylation is 1. The van der Waals surface area contributed by atoms with E-state index in [0.29, 0.717) is 18.1 Å². The van der Waals surface area contributed by atoms with E-state index in [0.717, 1.165) is 25.1 Å². The predicted molar refractivity (Wildman–Crippen MR) is 72.3 cm³/mol. The van der Waals surface area contributed by atoms with Crippen LogP contribution in [-0.2, 0) is 18.3 Å².